The SMILES string of the molecule is COC1=C(C(=O)N2CCOCC2)CCCC1. The van der Waals surface area contributed by atoms with Gasteiger partial charge in [-0.15, -0.1) is 0 Å². The predicted molar refractivity (Wildman–Crippen MR) is 59.9 cm³/mol. The topological polar surface area (TPSA) is 38.8 Å². The lowest BCUT2D eigenvalue weighted by molar-refractivity contribution is -0.131. The second-order valence-electron chi connectivity index (χ2n) is 4.22. The van der Waals surface area contributed by atoms with Crippen molar-refractivity contribution < 1.29 is 14.3 Å². The summed E-state index contributed by atoms with van der Waals surface area (Å²) in [6.07, 6.45) is 3.99. The third-order valence-corrected chi connectivity index (χ3v) is 3.22. The van der Waals surface area contributed by atoms with E-state index in [1.54, 1.807) is 7.11 Å². The first kappa shape index (κ1) is 11.5. The number of ether oxygens (including phenoxy) is 2. The Kier molecular flexibility index (Phi) is 3.83. The molecule has 2 rings (SSSR count). The fraction of sp³-hybridized carbons (Fsp3) is 0.750. The van der Waals surface area contributed by atoms with Gasteiger partial charge in [-0.05, 0) is 19.3 Å². The van der Waals surface area contributed by atoms with Gasteiger partial charge in [0.1, 0.15) is 5.76 Å². The average Bonchev–Trinajstić information content (AvgIpc) is 2.39. The molecule has 0 atom stereocenters. The quantitative estimate of drug-likeness (QED) is 0.711. The van der Waals surface area contributed by atoms with Crippen LogP contribution in [-0.2, 0) is 14.3 Å². The summed E-state index contributed by atoms with van der Waals surface area (Å²) in [5, 5.41) is 0. The van der Waals surface area contributed by atoms with E-state index in [1.165, 1.54) is 0 Å². The molecule has 0 spiro atoms. The third-order valence-electron chi connectivity index (χ3n) is 3.22. The second-order valence-corrected chi connectivity index (χ2v) is 4.22. The van der Waals surface area contributed by atoms with Crippen molar-refractivity contribution in [3.05, 3.63) is 11.3 Å². The summed E-state index contributed by atoms with van der Waals surface area (Å²) in [6, 6.07) is 0. The standard InChI is InChI=1S/C12H19NO3/c1-15-11-5-3-2-4-10(11)12(14)13-6-8-16-9-7-13/h2-9H2,1H3. The molecule has 90 valence electrons. The molecule has 1 heterocycles. The number of carbonyl (C=O) groups is 1. The van der Waals surface area contributed by atoms with Crippen molar-refractivity contribution in [2.45, 2.75) is 25.7 Å². The molecule has 16 heavy (non-hydrogen) atoms. The minimum absolute atomic E-state index is 0.153. The highest BCUT2D eigenvalue weighted by Gasteiger charge is 2.25. The number of methoxy groups -OCH3 is 1. The van der Waals surface area contributed by atoms with E-state index < -0.39 is 0 Å². The van der Waals surface area contributed by atoms with Crippen LogP contribution in [0.1, 0.15) is 25.7 Å². The normalized spacial score (nSPS) is 22.2. The van der Waals surface area contributed by atoms with Gasteiger partial charge in [-0.3, -0.25) is 4.79 Å². The number of hydrogen-bond acceptors (Lipinski definition) is 3. The molecular formula is C12H19NO3. The van der Waals surface area contributed by atoms with Crippen LogP contribution in [0.4, 0.5) is 0 Å². The van der Waals surface area contributed by atoms with Crippen LogP contribution in [0.15, 0.2) is 11.3 Å². The summed E-state index contributed by atoms with van der Waals surface area (Å²) in [4.78, 5) is 14.1. The molecule has 4 nitrogen and oxygen atoms in total. The maximum absolute atomic E-state index is 12.3. The molecule has 1 saturated heterocycles. The maximum Gasteiger partial charge on any atom is 0.253 e. The van der Waals surface area contributed by atoms with Gasteiger partial charge < -0.3 is 14.4 Å². The van der Waals surface area contributed by atoms with Crippen molar-refractivity contribution in [2.75, 3.05) is 33.4 Å². The van der Waals surface area contributed by atoms with E-state index in [0.29, 0.717) is 26.3 Å². The van der Waals surface area contributed by atoms with Crippen LogP contribution in [0.5, 0.6) is 0 Å². The number of amides is 1. The first-order valence-corrected chi connectivity index (χ1v) is 5.96. The Labute approximate surface area is 96.2 Å². The largest absolute Gasteiger partial charge is 0.501 e. The summed E-state index contributed by atoms with van der Waals surface area (Å²) in [5.74, 6) is 1.04. The molecule has 0 aromatic rings. The molecule has 2 aliphatic rings. The Morgan fingerprint density at radius 1 is 1.25 bits per heavy atom. The lowest BCUT2D eigenvalue weighted by Crippen LogP contribution is -2.42. The van der Waals surface area contributed by atoms with Crippen LogP contribution >= 0.6 is 0 Å². The van der Waals surface area contributed by atoms with Crippen LogP contribution in [0.2, 0.25) is 0 Å². The predicted octanol–water partition coefficient (Wildman–Crippen LogP) is 1.32. The average molecular weight is 225 g/mol. The first-order valence-electron chi connectivity index (χ1n) is 5.96. The number of rotatable bonds is 2. The molecule has 1 fully saturated rings. The highest BCUT2D eigenvalue weighted by atomic mass is 16.5. The molecule has 0 aromatic heterocycles. The van der Waals surface area contributed by atoms with Gasteiger partial charge >= 0.3 is 0 Å². The summed E-state index contributed by atoms with van der Waals surface area (Å²) in [5.41, 5.74) is 0.885. The van der Waals surface area contributed by atoms with Gasteiger partial charge in [0.25, 0.3) is 5.91 Å². The van der Waals surface area contributed by atoms with E-state index >= 15 is 0 Å². The lowest BCUT2D eigenvalue weighted by Gasteiger charge is -2.29. The van der Waals surface area contributed by atoms with E-state index in [0.717, 1.165) is 37.0 Å². The number of hydrogen-bond donors (Lipinski definition) is 0. The zero-order valence-electron chi connectivity index (χ0n) is 9.83. The van der Waals surface area contributed by atoms with Crippen molar-refractivity contribution in [1.82, 2.24) is 4.90 Å². The summed E-state index contributed by atoms with van der Waals surface area (Å²) in [7, 11) is 1.66. The summed E-state index contributed by atoms with van der Waals surface area (Å²) in [6.45, 7) is 2.72. The van der Waals surface area contributed by atoms with E-state index in [2.05, 4.69) is 0 Å². The minimum Gasteiger partial charge on any atom is -0.501 e. The summed E-state index contributed by atoms with van der Waals surface area (Å²) >= 11 is 0. The van der Waals surface area contributed by atoms with Crippen molar-refractivity contribution in [1.29, 1.82) is 0 Å². The number of nitrogens with zero attached hydrogens (tertiary/aromatic N) is 1. The van der Waals surface area contributed by atoms with Crippen LogP contribution < -0.4 is 0 Å². The Bertz CT molecular complexity index is 293. The third kappa shape index (κ3) is 2.38. The monoisotopic (exact) mass is 225 g/mol. The highest BCUT2D eigenvalue weighted by Crippen LogP contribution is 2.26. The molecule has 0 radical (unpaired) electrons. The molecule has 4 heteroatoms. The van der Waals surface area contributed by atoms with Crippen LogP contribution in [0, 0.1) is 0 Å². The fourth-order valence-corrected chi connectivity index (χ4v) is 2.29. The van der Waals surface area contributed by atoms with E-state index in [-0.39, 0.29) is 5.91 Å². The van der Waals surface area contributed by atoms with Gasteiger partial charge in [0.05, 0.1) is 25.9 Å². The Morgan fingerprint density at radius 3 is 2.62 bits per heavy atom. The van der Waals surface area contributed by atoms with Gasteiger partial charge in [-0.25, -0.2) is 0 Å². The molecule has 0 N–H and O–H groups in total. The van der Waals surface area contributed by atoms with Crippen molar-refractivity contribution in [3.63, 3.8) is 0 Å². The molecular weight excluding hydrogens is 206 g/mol. The minimum atomic E-state index is 0.153. The Balaban J connectivity index is 2.09. The van der Waals surface area contributed by atoms with Crippen LogP contribution in [-0.4, -0.2) is 44.2 Å². The van der Waals surface area contributed by atoms with Gasteiger partial charge in [0.15, 0.2) is 0 Å². The number of carbonyl (C=O) groups excluding carboxylic acids is 1. The molecule has 1 aliphatic heterocycles. The zero-order chi connectivity index (χ0) is 11.4. The summed E-state index contributed by atoms with van der Waals surface area (Å²) < 4.78 is 10.6. The maximum atomic E-state index is 12.3. The lowest BCUT2D eigenvalue weighted by atomic mass is 9.96. The fourth-order valence-electron chi connectivity index (χ4n) is 2.29. The van der Waals surface area contributed by atoms with Gasteiger partial charge in [0, 0.05) is 19.5 Å². The van der Waals surface area contributed by atoms with Crippen LogP contribution in [0.25, 0.3) is 0 Å². The zero-order valence-corrected chi connectivity index (χ0v) is 9.83. The smallest absolute Gasteiger partial charge is 0.253 e. The molecule has 0 aromatic carbocycles. The van der Waals surface area contributed by atoms with E-state index in [9.17, 15) is 4.79 Å². The Hall–Kier alpha value is -1.03. The first-order chi connectivity index (χ1) is 7.83. The second kappa shape index (κ2) is 5.34. The van der Waals surface area contributed by atoms with Gasteiger partial charge in [-0.1, -0.05) is 0 Å². The van der Waals surface area contributed by atoms with E-state index in [1.807, 2.05) is 4.90 Å². The van der Waals surface area contributed by atoms with Crippen molar-refractivity contribution in [2.24, 2.45) is 0 Å². The number of allylic oxidation sites excluding steroid dienone is 1. The van der Waals surface area contributed by atoms with Crippen molar-refractivity contribution >= 4 is 5.91 Å². The highest BCUT2D eigenvalue weighted by molar-refractivity contribution is 5.94. The molecule has 1 aliphatic carbocycles. The molecule has 0 saturated carbocycles. The molecule has 0 unspecified atom stereocenters. The van der Waals surface area contributed by atoms with Crippen molar-refractivity contribution in [3.8, 4) is 0 Å². The molecule has 1 amide bonds. The van der Waals surface area contributed by atoms with E-state index in [4.69, 9.17) is 9.47 Å². The Morgan fingerprint density at radius 2 is 1.94 bits per heavy atom. The van der Waals surface area contributed by atoms with Crippen LogP contribution in [0.3, 0.4) is 0 Å². The molecule has 0 bridgehead atoms. The van der Waals surface area contributed by atoms with Gasteiger partial charge in [-0.2, -0.15) is 0 Å². The van der Waals surface area contributed by atoms with Gasteiger partial charge in [0.2, 0.25) is 0 Å². The number of morpholine rings is 1.